The van der Waals surface area contributed by atoms with E-state index in [9.17, 15) is 4.79 Å². The van der Waals surface area contributed by atoms with Crippen LogP contribution in [0, 0.1) is 11.3 Å². The summed E-state index contributed by atoms with van der Waals surface area (Å²) in [5.74, 6) is -0.970. The van der Waals surface area contributed by atoms with Crippen molar-refractivity contribution in [3.8, 4) is 6.07 Å². The van der Waals surface area contributed by atoms with E-state index in [0.29, 0.717) is 13.0 Å². The number of carboxylic acids is 1. The highest BCUT2D eigenvalue weighted by atomic mass is 16.4. The van der Waals surface area contributed by atoms with Crippen LogP contribution in [-0.2, 0) is 4.79 Å². The molecular formula is C15H18N2O2. The second-order valence-corrected chi connectivity index (χ2v) is 4.43. The van der Waals surface area contributed by atoms with Gasteiger partial charge < -0.3 is 10.0 Å². The molecule has 0 unspecified atom stereocenters. The SMILES string of the molecule is CC(C)N(CCC#N)c1ccccc1/C=C/C(=O)O. The summed E-state index contributed by atoms with van der Waals surface area (Å²) in [7, 11) is 0. The molecule has 0 fully saturated rings. The number of hydrogen-bond acceptors (Lipinski definition) is 3. The minimum Gasteiger partial charge on any atom is -0.478 e. The third-order valence-electron chi connectivity index (χ3n) is 2.74. The summed E-state index contributed by atoms with van der Waals surface area (Å²) in [6.45, 7) is 4.73. The summed E-state index contributed by atoms with van der Waals surface area (Å²) in [5.41, 5.74) is 1.79. The van der Waals surface area contributed by atoms with E-state index >= 15 is 0 Å². The number of para-hydroxylation sites is 1. The minimum atomic E-state index is -0.970. The van der Waals surface area contributed by atoms with Crippen molar-refractivity contribution in [1.29, 1.82) is 5.26 Å². The maximum atomic E-state index is 10.6. The number of nitrogens with zero attached hydrogens (tertiary/aromatic N) is 2. The van der Waals surface area contributed by atoms with Gasteiger partial charge in [0.05, 0.1) is 12.5 Å². The van der Waals surface area contributed by atoms with Crippen LogP contribution in [0.25, 0.3) is 6.08 Å². The van der Waals surface area contributed by atoms with Gasteiger partial charge in [-0.1, -0.05) is 18.2 Å². The number of benzene rings is 1. The van der Waals surface area contributed by atoms with Gasteiger partial charge in [-0.25, -0.2) is 4.79 Å². The minimum absolute atomic E-state index is 0.243. The van der Waals surface area contributed by atoms with Crippen molar-refractivity contribution in [1.82, 2.24) is 0 Å². The van der Waals surface area contributed by atoms with Crippen molar-refractivity contribution >= 4 is 17.7 Å². The first-order chi connectivity index (χ1) is 9.06. The fourth-order valence-electron chi connectivity index (χ4n) is 1.88. The molecule has 0 bridgehead atoms. The van der Waals surface area contributed by atoms with Crippen LogP contribution in [0.1, 0.15) is 25.8 Å². The quantitative estimate of drug-likeness (QED) is 0.797. The van der Waals surface area contributed by atoms with Crippen LogP contribution in [0.3, 0.4) is 0 Å². The number of anilines is 1. The lowest BCUT2D eigenvalue weighted by Gasteiger charge is -2.29. The Bertz CT molecular complexity index is 501. The highest BCUT2D eigenvalue weighted by molar-refractivity contribution is 5.87. The first kappa shape index (κ1) is 14.8. The molecule has 0 amide bonds. The maximum absolute atomic E-state index is 10.6. The molecule has 0 aromatic heterocycles. The normalized spacial score (nSPS) is 10.6. The van der Waals surface area contributed by atoms with E-state index in [4.69, 9.17) is 10.4 Å². The molecule has 0 aliphatic heterocycles. The molecule has 1 aromatic rings. The van der Waals surface area contributed by atoms with Gasteiger partial charge in [-0.3, -0.25) is 0 Å². The Hall–Kier alpha value is -2.28. The van der Waals surface area contributed by atoms with Crippen LogP contribution >= 0.6 is 0 Å². The van der Waals surface area contributed by atoms with Crippen molar-refractivity contribution in [3.63, 3.8) is 0 Å². The topological polar surface area (TPSA) is 64.3 Å². The number of nitriles is 1. The fourth-order valence-corrected chi connectivity index (χ4v) is 1.88. The van der Waals surface area contributed by atoms with Crippen LogP contribution in [-0.4, -0.2) is 23.7 Å². The van der Waals surface area contributed by atoms with Gasteiger partial charge in [0.2, 0.25) is 0 Å². The smallest absolute Gasteiger partial charge is 0.328 e. The fraction of sp³-hybridized carbons (Fsp3) is 0.333. The zero-order chi connectivity index (χ0) is 14.3. The van der Waals surface area contributed by atoms with Crippen LogP contribution in [0.5, 0.6) is 0 Å². The number of aliphatic carboxylic acids is 1. The van der Waals surface area contributed by atoms with Gasteiger partial charge in [0.1, 0.15) is 0 Å². The van der Waals surface area contributed by atoms with Crippen molar-refractivity contribution in [2.75, 3.05) is 11.4 Å². The predicted molar refractivity (Wildman–Crippen MR) is 75.8 cm³/mol. The van der Waals surface area contributed by atoms with E-state index < -0.39 is 5.97 Å². The van der Waals surface area contributed by atoms with Gasteiger partial charge in [0, 0.05) is 24.4 Å². The Kier molecular flexibility index (Phi) is 5.62. The molecule has 1 rings (SSSR count). The predicted octanol–water partition coefficient (Wildman–Crippen LogP) is 2.91. The summed E-state index contributed by atoms with van der Waals surface area (Å²) in [6, 6.07) is 9.98. The molecule has 4 nitrogen and oxygen atoms in total. The lowest BCUT2D eigenvalue weighted by atomic mass is 10.1. The molecular weight excluding hydrogens is 240 g/mol. The van der Waals surface area contributed by atoms with E-state index in [1.807, 2.05) is 24.3 Å². The van der Waals surface area contributed by atoms with Gasteiger partial charge >= 0.3 is 5.97 Å². The molecule has 1 N–H and O–H groups in total. The summed E-state index contributed by atoms with van der Waals surface area (Å²) in [4.78, 5) is 12.7. The van der Waals surface area contributed by atoms with Crippen molar-refractivity contribution in [2.24, 2.45) is 0 Å². The number of hydrogen-bond donors (Lipinski definition) is 1. The molecule has 0 radical (unpaired) electrons. The van der Waals surface area contributed by atoms with Crippen molar-refractivity contribution in [2.45, 2.75) is 26.3 Å². The summed E-state index contributed by atoms with van der Waals surface area (Å²) < 4.78 is 0. The number of carboxylic acid groups (broad SMARTS) is 1. The second-order valence-electron chi connectivity index (χ2n) is 4.43. The van der Waals surface area contributed by atoms with E-state index in [1.165, 1.54) is 0 Å². The third kappa shape index (κ3) is 4.47. The van der Waals surface area contributed by atoms with Gasteiger partial charge in [-0.15, -0.1) is 0 Å². The first-order valence-electron chi connectivity index (χ1n) is 6.20. The first-order valence-corrected chi connectivity index (χ1v) is 6.20. The van der Waals surface area contributed by atoms with Gasteiger partial charge in [0.25, 0.3) is 0 Å². The second kappa shape index (κ2) is 7.22. The Labute approximate surface area is 113 Å². The maximum Gasteiger partial charge on any atom is 0.328 e. The Morgan fingerprint density at radius 3 is 2.74 bits per heavy atom. The Balaban J connectivity index is 3.08. The molecule has 0 saturated carbocycles. The third-order valence-corrected chi connectivity index (χ3v) is 2.74. The molecule has 4 heteroatoms. The van der Waals surface area contributed by atoms with Crippen LogP contribution < -0.4 is 4.90 Å². The van der Waals surface area contributed by atoms with Crippen LogP contribution in [0.15, 0.2) is 30.3 Å². The molecule has 0 atom stereocenters. The Morgan fingerprint density at radius 1 is 1.47 bits per heavy atom. The number of carbonyl (C=O) groups is 1. The van der Waals surface area contributed by atoms with Crippen molar-refractivity contribution in [3.05, 3.63) is 35.9 Å². The lowest BCUT2D eigenvalue weighted by molar-refractivity contribution is -0.131. The summed E-state index contributed by atoms with van der Waals surface area (Å²) in [6.07, 6.45) is 3.15. The van der Waals surface area contributed by atoms with E-state index in [2.05, 4.69) is 24.8 Å². The zero-order valence-corrected chi connectivity index (χ0v) is 11.2. The van der Waals surface area contributed by atoms with E-state index in [1.54, 1.807) is 6.08 Å². The summed E-state index contributed by atoms with van der Waals surface area (Å²) >= 11 is 0. The molecule has 0 spiro atoms. The summed E-state index contributed by atoms with van der Waals surface area (Å²) in [5, 5.41) is 17.4. The highest BCUT2D eigenvalue weighted by Gasteiger charge is 2.12. The largest absolute Gasteiger partial charge is 0.478 e. The molecule has 0 saturated heterocycles. The van der Waals surface area contributed by atoms with Gasteiger partial charge in [0.15, 0.2) is 0 Å². The van der Waals surface area contributed by atoms with Gasteiger partial charge in [-0.05, 0) is 31.6 Å². The highest BCUT2D eigenvalue weighted by Crippen LogP contribution is 2.24. The molecule has 100 valence electrons. The average Bonchev–Trinajstić information content (AvgIpc) is 2.37. The average molecular weight is 258 g/mol. The van der Waals surface area contributed by atoms with E-state index in [0.717, 1.165) is 17.3 Å². The molecule has 0 aliphatic carbocycles. The monoisotopic (exact) mass is 258 g/mol. The van der Waals surface area contributed by atoms with Crippen LogP contribution in [0.4, 0.5) is 5.69 Å². The molecule has 19 heavy (non-hydrogen) atoms. The van der Waals surface area contributed by atoms with Crippen molar-refractivity contribution < 1.29 is 9.90 Å². The molecule has 1 aromatic carbocycles. The molecule has 0 heterocycles. The Morgan fingerprint density at radius 2 is 2.16 bits per heavy atom. The standard InChI is InChI=1S/C15H18N2O2/c1-12(2)17(11-5-10-16)14-7-4-3-6-13(14)8-9-15(18)19/h3-4,6-9,12H,5,11H2,1-2H3,(H,18,19)/b9-8+. The van der Waals surface area contributed by atoms with E-state index in [-0.39, 0.29) is 6.04 Å². The molecule has 0 aliphatic rings. The number of rotatable bonds is 6. The van der Waals surface area contributed by atoms with Crippen LogP contribution in [0.2, 0.25) is 0 Å². The van der Waals surface area contributed by atoms with Gasteiger partial charge in [-0.2, -0.15) is 5.26 Å². The zero-order valence-electron chi connectivity index (χ0n) is 11.2. The lowest BCUT2D eigenvalue weighted by Crippen LogP contribution is -2.32.